The number of nitrogens with one attached hydrogen (secondary N) is 1. The Hall–Kier alpha value is -3.08. The third-order valence-electron chi connectivity index (χ3n) is 6.23. The molecule has 0 aliphatic rings. The van der Waals surface area contributed by atoms with E-state index in [-0.39, 0.29) is 33.8 Å². The first kappa shape index (κ1) is 32.4. The van der Waals surface area contributed by atoms with Crippen molar-refractivity contribution >= 4 is 55.1 Å². The van der Waals surface area contributed by atoms with E-state index in [0.29, 0.717) is 0 Å². The van der Waals surface area contributed by atoms with Gasteiger partial charge in [-0.2, -0.15) is 0 Å². The minimum Gasteiger partial charge on any atom is -0.495 e. The van der Waals surface area contributed by atoms with Crippen LogP contribution in [0.5, 0.6) is 5.75 Å². The molecule has 0 spiro atoms. The highest BCUT2D eigenvalue weighted by Crippen LogP contribution is 2.35. The van der Waals surface area contributed by atoms with E-state index in [1.54, 1.807) is 31.2 Å². The van der Waals surface area contributed by atoms with Crippen LogP contribution in [0.4, 0.5) is 5.69 Å². The van der Waals surface area contributed by atoms with Gasteiger partial charge in [-0.05, 0) is 82.6 Å². The van der Waals surface area contributed by atoms with Crippen molar-refractivity contribution in [1.82, 2.24) is 10.2 Å². The number of benzene rings is 3. The summed E-state index contributed by atoms with van der Waals surface area (Å²) in [4.78, 5) is 28.7. The summed E-state index contributed by atoms with van der Waals surface area (Å²) >= 11 is 9.69. The number of methoxy groups -OCH3 is 1. The van der Waals surface area contributed by atoms with Crippen molar-refractivity contribution < 1.29 is 22.7 Å². The van der Waals surface area contributed by atoms with Crippen molar-refractivity contribution in [2.75, 3.05) is 18.0 Å². The molecule has 0 aliphatic heterocycles. The van der Waals surface area contributed by atoms with E-state index in [1.165, 1.54) is 30.2 Å². The van der Waals surface area contributed by atoms with Crippen LogP contribution in [0.25, 0.3) is 0 Å². The highest BCUT2D eigenvalue weighted by Gasteiger charge is 2.34. The lowest BCUT2D eigenvalue weighted by atomic mass is 10.1. The van der Waals surface area contributed by atoms with Crippen LogP contribution in [0, 0.1) is 6.92 Å². The normalized spacial score (nSPS) is 12.4. The van der Waals surface area contributed by atoms with Gasteiger partial charge in [-0.1, -0.05) is 57.4 Å². The lowest BCUT2D eigenvalue weighted by Crippen LogP contribution is -2.54. The largest absolute Gasteiger partial charge is 0.495 e. The standard InChI is InChI=1S/C30H35BrClN3O5S/c1-20-7-14-25(15-8-20)41(38,39)35(26-17-24(32)13-16-27(26)40-6)19-28(36)34(18-22-9-11-23(31)12-10-22)21(2)29(37)33-30(3,4)5/h7-17,21H,18-19H2,1-6H3,(H,33,37)/t21-/m0/s1. The zero-order chi connectivity index (χ0) is 30.5. The molecule has 1 N–H and O–H groups in total. The SMILES string of the molecule is COc1ccc(Cl)cc1N(CC(=O)N(Cc1ccc(Br)cc1)[C@@H](C)C(=O)NC(C)(C)C)S(=O)(=O)c1ccc(C)cc1. The summed E-state index contributed by atoms with van der Waals surface area (Å²) in [5.41, 5.74) is 1.22. The average molecular weight is 665 g/mol. The predicted octanol–water partition coefficient (Wildman–Crippen LogP) is 5.95. The smallest absolute Gasteiger partial charge is 0.264 e. The number of ether oxygens (including phenoxy) is 1. The first-order chi connectivity index (χ1) is 19.1. The molecular formula is C30H35BrClN3O5S. The summed E-state index contributed by atoms with van der Waals surface area (Å²) in [7, 11) is -2.85. The first-order valence-electron chi connectivity index (χ1n) is 12.9. The molecule has 2 amide bonds. The molecule has 1 atom stereocenters. The number of aryl methyl sites for hydroxylation is 1. The van der Waals surface area contributed by atoms with Crippen molar-refractivity contribution in [3.63, 3.8) is 0 Å². The van der Waals surface area contributed by atoms with Crippen LogP contribution in [0.15, 0.2) is 76.1 Å². The highest BCUT2D eigenvalue weighted by molar-refractivity contribution is 9.10. The third-order valence-corrected chi connectivity index (χ3v) is 8.77. The zero-order valence-corrected chi connectivity index (χ0v) is 27.1. The van der Waals surface area contributed by atoms with E-state index >= 15 is 0 Å². The van der Waals surface area contributed by atoms with E-state index in [2.05, 4.69) is 21.2 Å². The molecule has 0 saturated heterocycles. The second kappa shape index (κ2) is 13.3. The molecule has 0 aromatic heterocycles. The second-order valence-corrected chi connectivity index (χ2v) is 13.9. The molecule has 0 heterocycles. The number of hydrogen-bond acceptors (Lipinski definition) is 5. The Bertz CT molecular complexity index is 1490. The number of sulfonamides is 1. The fourth-order valence-electron chi connectivity index (χ4n) is 4.05. The van der Waals surface area contributed by atoms with Gasteiger partial charge in [-0.25, -0.2) is 8.42 Å². The van der Waals surface area contributed by atoms with E-state index < -0.39 is 34.1 Å². The first-order valence-corrected chi connectivity index (χ1v) is 15.5. The number of rotatable bonds is 10. The minimum absolute atomic E-state index is 0.00378. The molecule has 0 fully saturated rings. The molecule has 0 radical (unpaired) electrons. The van der Waals surface area contributed by atoms with Crippen LogP contribution in [-0.4, -0.2) is 50.4 Å². The fraction of sp³-hybridized carbons (Fsp3) is 0.333. The van der Waals surface area contributed by atoms with Crippen LogP contribution < -0.4 is 14.4 Å². The fourth-order valence-corrected chi connectivity index (χ4v) is 5.90. The predicted molar refractivity (Wildman–Crippen MR) is 166 cm³/mol. The van der Waals surface area contributed by atoms with Gasteiger partial charge in [-0.3, -0.25) is 13.9 Å². The van der Waals surface area contributed by atoms with Crippen LogP contribution in [0.3, 0.4) is 0 Å². The monoisotopic (exact) mass is 663 g/mol. The van der Waals surface area contributed by atoms with Gasteiger partial charge in [0.05, 0.1) is 17.7 Å². The number of amides is 2. The maximum Gasteiger partial charge on any atom is 0.264 e. The second-order valence-electron chi connectivity index (χ2n) is 10.7. The van der Waals surface area contributed by atoms with Crippen LogP contribution in [0.2, 0.25) is 5.02 Å². The molecule has 3 aromatic rings. The Morgan fingerprint density at radius 3 is 2.20 bits per heavy atom. The molecular weight excluding hydrogens is 630 g/mol. The van der Waals surface area contributed by atoms with E-state index in [4.69, 9.17) is 16.3 Å². The zero-order valence-electron chi connectivity index (χ0n) is 23.9. The Labute approximate surface area is 255 Å². The van der Waals surface area contributed by atoms with Crippen molar-refractivity contribution in [2.24, 2.45) is 0 Å². The maximum atomic E-state index is 14.1. The molecule has 3 rings (SSSR count). The summed E-state index contributed by atoms with van der Waals surface area (Å²) in [5, 5.41) is 3.18. The average Bonchev–Trinajstić information content (AvgIpc) is 2.90. The molecule has 8 nitrogen and oxygen atoms in total. The number of carbonyl (C=O) groups excluding carboxylic acids is 2. The van der Waals surface area contributed by atoms with Gasteiger partial charge in [0.15, 0.2) is 0 Å². The van der Waals surface area contributed by atoms with Gasteiger partial charge in [0, 0.05) is 21.6 Å². The van der Waals surface area contributed by atoms with Gasteiger partial charge in [-0.15, -0.1) is 0 Å². The van der Waals surface area contributed by atoms with Crippen LogP contribution in [0.1, 0.15) is 38.8 Å². The van der Waals surface area contributed by atoms with Gasteiger partial charge in [0.2, 0.25) is 11.8 Å². The van der Waals surface area contributed by atoms with E-state index in [1.807, 2.05) is 52.0 Å². The lowest BCUT2D eigenvalue weighted by molar-refractivity contribution is -0.140. The van der Waals surface area contributed by atoms with Crippen LogP contribution >= 0.6 is 27.5 Å². The number of carbonyl (C=O) groups is 2. The quantitative estimate of drug-likeness (QED) is 0.289. The molecule has 11 heteroatoms. The molecule has 220 valence electrons. The Kier molecular flexibility index (Phi) is 10.5. The number of hydrogen-bond donors (Lipinski definition) is 1. The molecule has 41 heavy (non-hydrogen) atoms. The van der Waals surface area contributed by atoms with Gasteiger partial charge < -0.3 is 15.0 Å². The van der Waals surface area contributed by atoms with Crippen molar-refractivity contribution in [2.45, 2.75) is 57.6 Å². The minimum atomic E-state index is -4.26. The van der Waals surface area contributed by atoms with E-state index in [0.717, 1.165) is 19.9 Å². The van der Waals surface area contributed by atoms with Crippen molar-refractivity contribution in [3.05, 3.63) is 87.4 Å². The van der Waals surface area contributed by atoms with Crippen molar-refractivity contribution in [1.29, 1.82) is 0 Å². The lowest BCUT2D eigenvalue weighted by Gasteiger charge is -2.33. The maximum absolute atomic E-state index is 14.1. The summed E-state index contributed by atoms with van der Waals surface area (Å²) in [6.45, 7) is 8.49. The van der Waals surface area contributed by atoms with Crippen LogP contribution in [-0.2, 0) is 26.2 Å². The topological polar surface area (TPSA) is 96.0 Å². The van der Waals surface area contributed by atoms with Crippen molar-refractivity contribution in [3.8, 4) is 5.75 Å². The van der Waals surface area contributed by atoms with E-state index in [9.17, 15) is 18.0 Å². The summed E-state index contributed by atoms with van der Waals surface area (Å²) in [6, 6.07) is 17.3. The molecule has 0 saturated carbocycles. The highest BCUT2D eigenvalue weighted by atomic mass is 79.9. The molecule has 0 aliphatic carbocycles. The van der Waals surface area contributed by atoms with Gasteiger partial charge >= 0.3 is 0 Å². The number of nitrogens with zero attached hydrogens (tertiary/aromatic N) is 2. The summed E-state index contributed by atoms with van der Waals surface area (Å²) in [5.74, 6) is -0.727. The summed E-state index contributed by atoms with van der Waals surface area (Å²) in [6.07, 6.45) is 0. The molecule has 0 bridgehead atoms. The van der Waals surface area contributed by atoms with Gasteiger partial charge in [0.1, 0.15) is 18.3 Å². The Morgan fingerprint density at radius 1 is 1.02 bits per heavy atom. The Morgan fingerprint density at radius 2 is 1.63 bits per heavy atom. The molecule has 3 aromatic carbocycles. The number of anilines is 1. The Balaban J connectivity index is 2.10. The third kappa shape index (κ3) is 8.47. The molecule has 0 unspecified atom stereocenters. The van der Waals surface area contributed by atoms with Gasteiger partial charge in [0.25, 0.3) is 10.0 Å². The summed E-state index contributed by atoms with van der Waals surface area (Å²) < 4.78 is 35.4. The number of halogens is 2.